The number of rotatable bonds is 6. The molecule has 2 aliphatic rings. The van der Waals surface area contributed by atoms with Gasteiger partial charge in [0.15, 0.2) is 0 Å². The van der Waals surface area contributed by atoms with Crippen LogP contribution in [0.4, 0.5) is 0 Å². The van der Waals surface area contributed by atoms with E-state index in [0.29, 0.717) is 26.1 Å². The first-order valence-electron chi connectivity index (χ1n) is 7.85. The zero-order valence-corrected chi connectivity index (χ0v) is 12.4. The molecule has 114 valence electrons. The summed E-state index contributed by atoms with van der Waals surface area (Å²) in [6, 6.07) is 0. The summed E-state index contributed by atoms with van der Waals surface area (Å²) in [5.74, 6) is 0.584. The molecule has 2 fully saturated rings. The Hall–Kier alpha value is -1.10. The van der Waals surface area contributed by atoms with Crippen LogP contribution < -0.4 is 0 Å². The molecule has 0 aromatic carbocycles. The highest BCUT2D eigenvalue weighted by atomic mass is 16.3. The molecule has 5 heteroatoms. The summed E-state index contributed by atoms with van der Waals surface area (Å²) < 4.78 is 0. The molecule has 2 rings (SSSR count). The predicted octanol–water partition coefficient (Wildman–Crippen LogP) is 0.866. The van der Waals surface area contributed by atoms with E-state index in [1.807, 2.05) is 16.7 Å². The van der Waals surface area contributed by atoms with Gasteiger partial charge in [0.2, 0.25) is 11.8 Å². The van der Waals surface area contributed by atoms with E-state index in [-0.39, 0.29) is 30.3 Å². The van der Waals surface area contributed by atoms with E-state index in [1.165, 1.54) is 0 Å². The zero-order chi connectivity index (χ0) is 14.5. The van der Waals surface area contributed by atoms with Crippen LogP contribution >= 0.6 is 0 Å². The third kappa shape index (κ3) is 3.72. The van der Waals surface area contributed by atoms with Gasteiger partial charge in [-0.05, 0) is 39.0 Å². The summed E-state index contributed by atoms with van der Waals surface area (Å²) in [4.78, 5) is 28.3. The first-order valence-corrected chi connectivity index (χ1v) is 7.85. The van der Waals surface area contributed by atoms with Crippen LogP contribution in [-0.4, -0.2) is 59.5 Å². The van der Waals surface area contributed by atoms with Crippen LogP contribution in [0.3, 0.4) is 0 Å². The van der Waals surface area contributed by atoms with Crippen molar-refractivity contribution in [2.24, 2.45) is 11.8 Å². The SMILES string of the molecule is CCN(CCCO)C(=O)C1CCCN(C(=O)C2CC2)C1. The lowest BCUT2D eigenvalue weighted by molar-refractivity contribution is -0.141. The summed E-state index contributed by atoms with van der Waals surface area (Å²) in [5.41, 5.74) is 0. The van der Waals surface area contributed by atoms with Crippen LogP contribution in [0.2, 0.25) is 0 Å². The van der Waals surface area contributed by atoms with Crippen LogP contribution in [0.5, 0.6) is 0 Å². The Morgan fingerprint density at radius 1 is 1.25 bits per heavy atom. The molecule has 0 aromatic rings. The molecular weight excluding hydrogens is 256 g/mol. The molecule has 0 aromatic heterocycles. The molecule has 1 atom stereocenters. The number of piperidine rings is 1. The van der Waals surface area contributed by atoms with Gasteiger partial charge in [-0.15, -0.1) is 0 Å². The van der Waals surface area contributed by atoms with E-state index in [2.05, 4.69) is 0 Å². The van der Waals surface area contributed by atoms with Crippen molar-refractivity contribution in [3.05, 3.63) is 0 Å². The zero-order valence-electron chi connectivity index (χ0n) is 12.4. The summed E-state index contributed by atoms with van der Waals surface area (Å²) in [6.45, 7) is 4.75. The maximum absolute atomic E-state index is 12.5. The fourth-order valence-corrected chi connectivity index (χ4v) is 2.91. The molecule has 0 radical (unpaired) electrons. The molecule has 5 nitrogen and oxygen atoms in total. The number of hydrogen-bond acceptors (Lipinski definition) is 3. The second kappa shape index (κ2) is 7.07. The highest BCUT2D eigenvalue weighted by Crippen LogP contribution is 2.32. The Labute approximate surface area is 120 Å². The van der Waals surface area contributed by atoms with Crippen LogP contribution in [0.1, 0.15) is 39.0 Å². The van der Waals surface area contributed by atoms with Gasteiger partial charge >= 0.3 is 0 Å². The second-order valence-electron chi connectivity index (χ2n) is 5.89. The van der Waals surface area contributed by atoms with Gasteiger partial charge in [-0.3, -0.25) is 9.59 Å². The summed E-state index contributed by atoms with van der Waals surface area (Å²) >= 11 is 0. The second-order valence-corrected chi connectivity index (χ2v) is 5.89. The lowest BCUT2D eigenvalue weighted by Crippen LogP contribution is -2.47. The molecule has 1 saturated carbocycles. The minimum Gasteiger partial charge on any atom is -0.396 e. The van der Waals surface area contributed by atoms with Gasteiger partial charge in [-0.1, -0.05) is 0 Å². The lowest BCUT2D eigenvalue weighted by atomic mass is 9.96. The van der Waals surface area contributed by atoms with Gasteiger partial charge in [-0.2, -0.15) is 0 Å². The van der Waals surface area contributed by atoms with Crippen molar-refractivity contribution in [3.8, 4) is 0 Å². The number of hydrogen-bond donors (Lipinski definition) is 1. The van der Waals surface area contributed by atoms with Gasteiger partial charge in [0.05, 0.1) is 5.92 Å². The topological polar surface area (TPSA) is 60.9 Å². The van der Waals surface area contributed by atoms with Crippen molar-refractivity contribution < 1.29 is 14.7 Å². The van der Waals surface area contributed by atoms with Crippen molar-refractivity contribution in [3.63, 3.8) is 0 Å². The highest BCUT2D eigenvalue weighted by Gasteiger charge is 2.37. The van der Waals surface area contributed by atoms with Crippen molar-refractivity contribution in [2.75, 3.05) is 32.8 Å². The maximum atomic E-state index is 12.5. The van der Waals surface area contributed by atoms with E-state index in [1.54, 1.807) is 0 Å². The number of aliphatic hydroxyl groups is 1. The van der Waals surface area contributed by atoms with E-state index < -0.39 is 0 Å². The third-order valence-electron chi connectivity index (χ3n) is 4.29. The fourth-order valence-electron chi connectivity index (χ4n) is 2.91. The Bertz CT molecular complexity index is 355. The number of carbonyl (C=O) groups excluding carboxylic acids is 2. The minimum atomic E-state index is -0.0508. The summed E-state index contributed by atoms with van der Waals surface area (Å²) in [6.07, 6.45) is 4.46. The van der Waals surface area contributed by atoms with Gasteiger partial charge in [-0.25, -0.2) is 0 Å². The minimum absolute atomic E-state index is 0.0508. The Balaban J connectivity index is 1.89. The predicted molar refractivity (Wildman–Crippen MR) is 76.0 cm³/mol. The van der Waals surface area contributed by atoms with Crippen molar-refractivity contribution in [1.29, 1.82) is 0 Å². The number of carbonyl (C=O) groups is 2. The van der Waals surface area contributed by atoms with Gasteiger partial charge < -0.3 is 14.9 Å². The monoisotopic (exact) mass is 282 g/mol. The van der Waals surface area contributed by atoms with Crippen LogP contribution in [0.25, 0.3) is 0 Å². The normalized spacial score (nSPS) is 22.7. The van der Waals surface area contributed by atoms with Gasteiger partial charge in [0.25, 0.3) is 0 Å². The quantitative estimate of drug-likeness (QED) is 0.786. The molecule has 0 bridgehead atoms. The average Bonchev–Trinajstić information content (AvgIpc) is 3.32. The fraction of sp³-hybridized carbons (Fsp3) is 0.867. The molecule has 1 unspecified atom stereocenters. The summed E-state index contributed by atoms with van der Waals surface area (Å²) in [7, 11) is 0. The number of nitrogens with zero attached hydrogens (tertiary/aromatic N) is 2. The Morgan fingerprint density at radius 2 is 2.00 bits per heavy atom. The molecule has 2 amide bonds. The standard InChI is InChI=1S/C15H26N2O3/c1-2-16(9-4-10-18)15(20)13-5-3-8-17(11-13)14(19)12-6-7-12/h12-13,18H,2-11H2,1H3. The van der Waals surface area contributed by atoms with Crippen LogP contribution in [-0.2, 0) is 9.59 Å². The number of aliphatic hydroxyl groups excluding tert-OH is 1. The molecule has 1 aliphatic carbocycles. The van der Waals surface area contributed by atoms with Crippen LogP contribution in [0, 0.1) is 11.8 Å². The highest BCUT2D eigenvalue weighted by molar-refractivity contribution is 5.83. The molecule has 20 heavy (non-hydrogen) atoms. The largest absolute Gasteiger partial charge is 0.396 e. The van der Waals surface area contributed by atoms with Crippen molar-refractivity contribution in [2.45, 2.75) is 39.0 Å². The average molecular weight is 282 g/mol. The molecular formula is C15H26N2O3. The molecule has 0 spiro atoms. The van der Waals surface area contributed by atoms with E-state index in [0.717, 1.165) is 32.2 Å². The van der Waals surface area contributed by atoms with Gasteiger partial charge in [0, 0.05) is 38.7 Å². The first kappa shape index (κ1) is 15.3. The van der Waals surface area contributed by atoms with Crippen molar-refractivity contribution >= 4 is 11.8 Å². The molecule has 1 aliphatic heterocycles. The van der Waals surface area contributed by atoms with E-state index in [9.17, 15) is 9.59 Å². The smallest absolute Gasteiger partial charge is 0.227 e. The Kier molecular flexibility index (Phi) is 5.40. The third-order valence-corrected chi connectivity index (χ3v) is 4.29. The Morgan fingerprint density at radius 3 is 2.60 bits per heavy atom. The van der Waals surface area contributed by atoms with Gasteiger partial charge in [0.1, 0.15) is 0 Å². The van der Waals surface area contributed by atoms with Crippen molar-refractivity contribution in [1.82, 2.24) is 9.80 Å². The maximum Gasteiger partial charge on any atom is 0.227 e. The first-order chi connectivity index (χ1) is 9.67. The molecule has 1 heterocycles. The molecule has 1 saturated heterocycles. The number of likely N-dealkylation sites (tertiary alicyclic amines) is 1. The molecule has 1 N–H and O–H groups in total. The summed E-state index contributed by atoms with van der Waals surface area (Å²) in [5, 5.41) is 8.89. The van der Waals surface area contributed by atoms with E-state index in [4.69, 9.17) is 5.11 Å². The lowest BCUT2D eigenvalue weighted by Gasteiger charge is -2.35. The number of amides is 2. The van der Waals surface area contributed by atoms with E-state index >= 15 is 0 Å². The van der Waals surface area contributed by atoms with Crippen LogP contribution in [0.15, 0.2) is 0 Å².